The Morgan fingerprint density at radius 3 is 2.27 bits per heavy atom. The normalized spacial score (nSPS) is 29.7. The van der Waals surface area contributed by atoms with Crippen LogP contribution in [0, 0.1) is 5.92 Å². The summed E-state index contributed by atoms with van der Waals surface area (Å²) in [5.74, 6) is 1.40. The van der Waals surface area contributed by atoms with Crippen LogP contribution in [0.1, 0.15) is 44.9 Å². The molecule has 2 N–H and O–H groups in total. The van der Waals surface area contributed by atoms with E-state index < -0.39 is 9.84 Å². The highest BCUT2D eigenvalue weighted by atomic mass is 32.2. The molecule has 1 saturated carbocycles. The standard InChI is InChI=1S/C11H21NO2S/c12-11(5-1-6-11)7-2-10-3-8-15(13,14)9-4-10/h10H,1-9,12H2. The van der Waals surface area contributed by atoms with Gasteiger partial charge in [0.25, 0.3) is 0 Å². The van der Waals surface area contributed by atoms with E-state index in [1.807, 2.05) is 0 Å². The van der Waals surface area contributed by atoms with Gasteiger partial charge < -0.3 is 5.73 Å². The molecular weight excluding hydrogens is 210 g/mol. The zero-order valence-corrected chi connectivity index (χ0v) is 10.1. The molecule has 15 heavy (non-hydrogen) atoms. The summed E-state index contributed by atoms with van der Waals surface area (Å²) in [6, 6.07) is 0. The van der Waals surface area contributed by atoms with E-state index in [2.05, 4.69) is 0 Å². The van der Waals surface area contributed by atoms with Gasteiger partial charge in [0.15, 0.2) is 0 Å². The Labute approximate surface area is 92.3 Å². The lowest BCUT2D eigenvalue weighted by Crippen LogP contribution is -2.46. The number of sulfone groups is 1. The largest absolute Gasteiger partial charge is 0.325 e. The molecule has 1 saturated heterocycles. The van der Waals surface area contributed by atoms with Crippen LogP contribution in [-0.4, -0.2) is 25.5 Å². The van der Waals surface area contributed by atoms with Gasteiger partial charge in [-0.15, -0.1) is 0 Å². The number of nitrogens with two attached hydrogens (primary N) is 1. The SMILES string of the molecule is NC1(CCC2CCS(=O)(=O)CC2)CCC1. The highest BCUT2D eigenvalue weighted by molar-refractivity contribution is 7.91. The van der Waals surface area contributed by atoms with Crippen LogP contribution in [0.5, 0.6) is 0 Å². The van der Waals surface area contributed by atoms with Crippen LogP contribution < -0.4 is 5.73 Å². The summed E-state index contributed by atoms with van der Waals surface area (Å²) in [7, 11) is -2.69. The fraction of sp³-hybridized carbons (Fsp3) is 1.00. The first-order valence-corrected chi connectivity index (χ1v) is 7.81. The highest BCUT2D eigenvalue weighted by Crippen LogP contribution is 2.35. The molecule has 1 aliphatic heterocycles. The molecule has 2 fully saturated rings. The molecule has 1 aliphatic carbocycles. The second-order valence-electron chi connectivity index (χ2n) is 5.35. The first-order valence-electron chi connectivity index (χ1n) is 5.98. The summed E-state index contributed by atoms with van der Waals surface area (Å²) in [5.41, 5.74) is 6.26. The Morgan fingerprint density at radius 1 is 1.20 bits per heavy atom. The zero-order chi connectivity index (χ0) is 10.9. The van der Waals surface area contributed by atoms with Crippen LogP contribution in [0.4, 0.5) is 0 Å². The second-order valence-corrected chi connectivity index (χ2v) is 7.65. The summed E-state index contributed by atoms with van der Waals surface area (Å²) < 4.78 is 22.5. The van der Waals surface area contributed by atoms with E-state index in [-0.39, 0.29) is 5.54 Å². The van der Waals surface area contributed by atoms with Gasteiger partial charge in [-0.2, -0.15) is 0 Å². The van der Waals surface area contributed by atoms with Crippen molar-refractivity contribution in [3.63, 3.8) is 0 Å². The van der Waals surface area contributed by atoms with Gasteiger partial charge in [-0.1, -0.05) is 0 Å². The molecule has 4 heteroatoms. The van der Waals surface area contributed by atoms with E-state index in [4.69, 9.17) is 5.73 Å². The minimum absolute atomic E-state index is 0.107. The third-order valence-electron chi connectivity index (χ3n) is 4.07. The van der Waals surface area contributed by atoms with E-state index in [1.165, 1.54) is 6.42 Å². The van der Waals surface area contributed by atoms with Crippen LogP contribution >= 0.6 is 0 Å². The summed E-state index contributed by atoms with van der Waals surface area (Å²) in [5, 5.41) is 0. The van der Waals surface area contributed by atoms with E-state index in [0.29, 0.717) is 17.4 Å². The highest BCUT2D eigenvalue weighted by Gasteiger charge is 2.33. The molecule has 0 unspecified atom stereocenters. The van der Waals surface area contributed by atoms with Crippen molar-refractivity contribution in [2.45, 2.75) is 50.5 Å². The molecule has 0 radical (unpaired) electrons. The zero-order valence-electron chi connectivity index (χ0n) is 9.24. The second kappa shape index (κ2) is 4.06. The lowest BCUT2D eigenvalue weighted by molar-refractivity contribution is 0.210. The number of hydrogen-bond donors (Lipinski definition) is 1. The van der Waals surface area contributed by atoms with Gasteiger partial charge in [-0.3, -0.25) is 0 Å². The first-order chi connectivity index (χ1) is 6.99. The first kappa shape index (κ1) is 11.4. The molecule has 2 rings (SSSR count). The monoisotopic (exact) mass is 231 g/mol. The van der Waals surface area contributed by atoms with Crippen LogP contribution in [0.3, 0.4) is 0 Å². The average Bonchev–Trinajstić information content (AvgIpc) is 2.13. The smallest absolute Gasteiger partial charge is 0.150 e. The van der Waals surface area contributed by atoms with Crippen molar-refractivity contribution in [2.24, 2.45) is 11.7 Å². The molecule has 88 valence electrons. The fourth-order valence-electron chi connectivity index (χ4n) is 2.60. The summed E-state index contributed by atoms with van der Waals surface area (Å²) >= 11 is 0. The van der Waals surface area contributed by atoms with E-state index in [0.717, 1.165) is 38.5 Å². The van der Waals surface area contributed by atoms with E-state index in [1.54, 1.807) is 0 Å². The van der Waals surface area contributed by atoms with Crippen molar-refractivity contribution < 1.29 is 8.42 Å². The molecule has 0 aromatic carbocycles. The average molecular weight is 231 g/mol. The lowest BCUT2D eigenvalue weighted by atomic mass is 9.73. The van der Waals surface area contributed by atoms with Crippen molar-refractivity contribution in [2.75, 3.05) is 11.5 Å². The van der Waals surface area contributed by atoms with Gasteiger partial charge >= 0.3 is 0 Å². The van der Waals surface area contributed by atoms with Crippen LogP contribution in [0.2, 0.25) is 0 Å². The van der Waals surface area contributed by atoms with Crippen molar-refractivity contribution in [1.82, 2.24) is 0 Å². The van der Waals surface area contributed by atoms with Crippen LogP contribution in [-0.2, 0) is 9.84 Å². The molecule has 1 heterocycles. The Morgan fingerprint density at radius 2 is 1.80 bits per heavy atom. The predicted octanol–water partition coefficient (Wildman–Crippen LogP) is 1.47. The third-order valence-corrected chi connectivity index (χ3v) is 5.79. The maximum absolute atomic E-state index is 11.2. The molecule has 0 aromatic rings. The molecule has 3 nitrogen and oxygen atoms in total. The lowest BCUT2D eigenvalue weighted by Gasteiger charge is -2.39. The Kier molecular flexibility index (Phi) is 3.08. The molecule has 2 aliphatic rings. The minimum Gasteiger partial charge on any atom is -0.325 e. The minimum atomic E-state index is -2.69. The third kappa shape index (κ3) is 2.94. The van der Waals surface area contributed by atoms with Crippen molar-refractivity contribution in [1.29, 1.82) is 0 Å². The molecule has 0 spiro atoms. The molecule has 0 aromatic heterocycles. The Bertz CT molecular complexity index is 305. The Balaban J connectivity index is 1.73. The maximum Gasteiger partial charge on any atom is 0.150 e. The van der Waals surface area contributed by atoms with Gasteiger partial charge in [0, 0.05) is 5.54 Å². The quantitative estimate of drug-likeness (QED) is 0.800. The van der Waals surface area contributed by atoms with Crippen molar-refractivity contribution >= 4 is 9.84 Å². The molecule has 0 atom stereocenters. The molecule has 0 bridgehead atoms. The van der Waals surface area contributed by atoms with Gasteiger partial charge in [-0.05, 0) is 50.9 Å². The predicted molar refractivity (Wildman–Crippen MR) is 61.4 cm³/mol. The fourth-order valence-corrected chi connectivity index (χ4v) is 4.19. The van der Waals surface area contributed by atoms with Gasteiger partial charge in [0.2, 0.25) is 0 Å². The number of hydrogen-bond acceptors (Lipinski definition) is 3. The molecule has 0 amide bonds. The Hall–Kier alpha value is -0.0900. The maximum atomic E-state index is 11.2. The number of rotatable bonds is 3. The summed E-state index contributed by atoms with van der Waals surface area (Å²) in [4.78, 5) is 0. The van der Waals surface area contributed by atoms with Crippen molar-refractivity contribution in [3.05, 3.63) is 0 Å². The molecular formula is C11H21NO2S. The van der Waals surface area contributed by atoms with E-state index >= 15 is 0 Å². The topological polar surface area (TPSA) is 60.2 Å². The van der Waals surface area contributed by atoms with Crippen LogP contribution in [0.15, 0.2) is 0 Å². The summed E-state index contributed by atoms with van der Waals surface area (Å²) in [6.45, 7) is 0. The van der Waals surface area contributed by atoms with E-state index in [9.17, 15) is 8.42 Å². The summed E-state index contributed by atoms with van der Waals surface area (Å²) in [6.07, 6.45) is 7.55. The van der Waals surface area contributed by atoms with Gasteiger partial charge in [0.1, 0.15) is 9.84 Å². The van der Waals surface area contributed by atoms with Gasteiger partial charge in [0.05, 0.1) is 11.5 Å². The van der Waals surface area contributed by atoms with Gasteiger partial charge in [-0.25, -0.2) is 8.42 Å². The van der Waals surface area contributed by atoms with Crippen LogP contribution in [0.25, 0.3) is 0 Å². The van der Waals surface area contributed by atoms with Crippen molar-refractivity contribution in [3.8, 4) is 0 Å².